The molecule has 6 nitrogen and oxygen atoms in total. The Bertz CT molecular complexity index is 1640. The molecule has 0 spiro atoms. The van der Waals surface area contributed by atoms with Crippen LogP contribution in [0.15, 0.2) is 122 Å². The van der Waals surface area contributed by atoms with Gasteiger partial charge in [-0.3, -0.25) is 14.4 Å². The highest BCUT2D eigenvalue weighted by Crippen LogP contribution is 2.17. The smallest absolute Gasteiger partial charge is 0.306 e. The molecular weight excluding hydrogens is 973 g/mol. The molecule has 0 radical (unpaired) electrons. The highest BCUT2D eigenvalue weighted by molar-refractivity contribution is 5.71. The number of carbonyl (C=O) groups excluding carboxylic acids is 3. The normalized spacial score (nSPS) is 12.9. The van der Waals surface area contributed by atoms with Gasteiger partial charge in [0.2, 0.25) is 0 Å². The molecule has 0 saturated carbocycles. The Kier molecular flexibility index (Phi) is 62.8. The minimum absolute atomic E-state index is 0.105. The van der Waals surface area contributed by atoms with E-state index in [4.69, 9.17) is 14.2 Å². The zero-order chi connectivity index (χ0) is 57.1. The third kappa shape index (κ3) is 64.5. The van der Waals surface area contributed by atoms with E-state index < -0.39 is 6.10 Å². The van der Waals surface area contributed by atoms with Crippen LogP contribution in [0.3, 0.4) is 0 Å². The van der Waals surface area contributed by atoms with Crippen LogP contribution in [-0.4, -0.2) is 37.2 Å². The summed E-state index contributed by atoms with van der Waals surface area (Å²) in [6, 6.07) is 0. The van der Waals surface area contributed by atoms with Crippen molar-refractivity contribution in [3.63, 3.8) is 0 Å². The highest BCUT2D eigenvalue weighted by Gasteiger charge is 2.19. The molecule has 1 unspecified atom stereocenters. The van der Waals surface area contributed by atoms with Crippen molar-refractivity contribution in [2.24, 2.45) is 0 Å². The summed E-state index contributed by atoms with van der Waals surface area (Å²) in [5.74, 6) is -0.988. The van der Waals surface area contributed by atoms with Crippen molar-refractivity contribution in [3.05, 3.63) is 122 Å². The van der Waals surface area contributed by atoms with Crippen LogP contribution in [0.1, 0.15) is 303 Å². The van der Waals surface area contributed by atoms with E-state index in [2.05, 4.69) is 136 Å². The van der Waals surface area contributed by atoms with E-state index in [1.807, 2.05) is 6.08 Å². The second-order valence-corrected chi connectivity index (χ2v) is 21.6. The molecule has 0 bridgehead atoms. The summed E-state index contributed by atoms with van der Waals surface area (Å²) in [6.07, 6.45) is 92.3. The molecule has 0 aliphatic rings. The molecule has 79 heavy (non-hydrogen) atoms. The summed E-state index contributed by atoms with van der Waals surface area (Å²) in [5, 5.41) is 0. The fourth-order valence-electron chi connectivity index (χ4n) is 9.11. The molecule has 0 aliphatic heterocycles. The maximum Gasteiger partial charge on any atom is 0.306 e. The second kappa shape index (κ2) is 66.3. The standard InChI is InChI=1S/C73H122O6/c1-4-7-10-13-16-19-22-25-27-29-31-33-34-35-36-37-38-40-41-43-45-48-51-54-57-60-63-66-72(75)78-69-70(68-77-71(74)65-62-59-56-53-50-47-24-21-18-15-12-9-6-3)79-73(76)67-64-61-58-55-52-49-46-44-42-39-32-30-28-26-23-20-17-14-11-8-5-2/h7,9-10,12,16,18-19,21,25,27,31,33,35-36,38,40,47,50,56,59,70H,4-6,8,11,13-15,17,20,22-24,26,28-30,32,34,37,39,41-46,48-49,51-55,57-58,60-69H2,1-3H3/b10-7-,12-9-,19-16-,21-18-,27-25-,33-31-,36-35-,40-38-,50-47-,59-56-. The van der Waals surface area contributed by atoms with Crippen molar-refractivity contribution in [1.82, 2.24) is 0 Å². The van der Waals surface area contributed by atoms with Crippen LogP contribution in [0.4, 0.5) is 0 Å². The van der Waals surface area contributed by atoms with Gasteiger partial charge in [0.05, 0.1) is 0 Å². The minimum Gasteiger partial charge on any atom is -0.462 e. The second-order valence-electron chi connectivity index (χ2n) is 21.6. The monoisotopic (exact) mass is 1090 g/mol. The topological polar surface area (TPSA) is 78.9 Å². The number of allylic oxidation sites excluding steroid dienone is 20. The first-order valence-corrected chi connectivity index (χ1v) is 33.0. The quantitative estimate of drug-likeness (QED) is 0.0261. The molecule has 0 saturated heterocycles. The molecule has 6 heteroatoms. The lowest BCUT2D eigenvalue weighted by Crippen LogP contribution is -2.30. The van der Waals surface area contributed by atoms with Crippen molar-refractivity contribution in [3.8, 4) is 0 Å². The molecule has 0 rings (SSSR count). The van der Waals surface area contributed by atoms with Gasteiger partial charge in [0.25, 0.3) is 0 Å². The number of ether oxygens (including phenoxy) is 3. The van der Waals surface area contributed by atoms with E-state index in [9.17, 15) is 14.4 Å². The van der Waals surface area contributed by atoms with Crippen LogP contribution < -0.4 is 0 Å². The van der Waals surface area contributed by atoms with Crippen LogP contribution in [-0.2, 0) is 28.6 Å². The number of esters is 3. The minimum atomic E-state index is -0.813. The van der Waals surface area contributed by atoms with Gasteiger partial charge in [0.15, 0.2) is 6.10 Å². The van der Waals surface area contributed by atoms with Crippen LogP contribution in [0.2, 0.25) is 0 Å². The zero-order valence-corrected chi connectivity index (χ0v) is 51.6. The molecule has 0 heterocycles. The van der Waals surface area contributed by atoms with Gasteiger partial charge in [-0.1, -0.05) is 309 Å². The number of unbranched alkanes of at least 4 members (excludes halogenated alkanes) is 28. The zero-order valence-electron chi connectivity index (χ0n) is 51.6. The van der Waals surface area contributed by atoms with Gasteiger partial charge < -0.3 is 14.2 Å². The van der Waals surface area contributed by atoms with Crippen molar-refractivity contribution in [2.45, 2.75) is 309 Å². The maximum absolute atomic E-state index is 12.9. The van der Waals surface area contributed by atoms with Crippen LogP contribution in [0.25, 0.3) is 0 Å². The summed E-state index contributed by atoms with van der Waals surface area (Å²) in [5.41, 5.74) is 0. The number of carbonyl (C=O) groups is 3. The van der Waals surface area contributed by atoms with Crippen LogP contribution in [0.5, 0.6) is 0 Å². The van der Waals surface area contributed by atoms with E-state index in [-0.39, 0.29) is 37.5 Å². The average molecular weight is 1100 g/mol. The SMILES string of the molecule is CC/C=C\C/C=C\C/C=C\C/C=C\C/C=C\C/C=C\CCCCCCCCCCC(=O)OCC(COC(=O)CC/C=C\C/C=C\C/C=C\C/C=C\CC)OC(=O)CCCCCCCCCCCCCCCCCCCCCCC. The maximum atomic E-state index is 12.9. The number of rotatable bonds is 59. The third-order valence-electron chi connectivity index (χ3n) is 14.0. The lowest BCUT2D eigenvalue weighted by atomic mass is 10.0. The molecule has 450 valence electrons. The Balaban J connectivity index is 4.36. The van der Waals surface area contributed by atoms with E-state index in [1.165, 1.54) is 148 Å². The molecule has 0 aliphatic carbocycles. The van der Waals surface area contributed by atoms with Gasteiger partial charge in [0.1, 0.15) is 13.2 Å². The first-order chi connectivity index (χ1) is 39.0. The molecule has 1 atom stereocenters. The molecular formula is C73H122O6. The Labute approximate surface area is 488 Å². The van der Waals surface area contributed by atoms with E-state index in [1.54, 1.807) is 0 Å². The van der Waals surface area contributed by atoms with Crippen molar-refractivity contribution < 1.29 is 28.6 Å². The third-order valence-corrected chi connectivity index (χ3v) is 14.0. The lowest BCUT2D eigenvalue weighted by molar-refractivity contribution is -0.166. The van der Waals surface area contributed by atoms with Crippen molar-refractivity contribution in [1.29, 1.82) is 0 Å². The fourth-order valence-corrected chi connectivity index (χ4v) is 9.11. The molecule has 0 amide bonds. The van der Waals surface area contributed by atoms with Gasteiger partial charge in [0, 0.05) is 19.3 Å². The number of hydrogen-bond acceptors (Lipinski definition) is 6. The predicted octanol–water partition coefficient (Wildman–Crippen LogP) is 22.8. The summed E-state index contributed by atoms with van der Waals surface area (Å²) in [7, 11) is 0. The van der Waals surface area contributed by atoms with Gasteiger partial charge in [-0.15, -0.1) is 0 Å². The Morgan fingerprint density at radius 1 is 0.266 bits per heavy atom. The van der Waals surface area contributed by atoms with Gasteiger partial charge >= 0.3 is 17.9 Å². The molecule has 0 N–H and O–H groups in total. The molecule has 0 aromatic carbocycles. The Hall–Kier alpha value is -4.19. The lowest BCUT2D eigenvalue weighted by Gasteiger charge is -2.18. The Morgan fingerprint density at radius 3 is 0.848 bits per heavy atom. The molecule has 0 aromatic rings. The summed E-state index contributed by atoms with van der Waals surface area (Å²) in [6.45, 7) is 6.37. The van der Waals surface area contributed by atoms with Crippen molar-refractivity contribution >= 4 is 17.9 Å². The summed E-state index contributed by atoms with van der Waals surface area (Å²) in [4.78, 5) is 38.3. The van der Waals surface area contributed by atoms with Crippen molar-refractivity contribution in [2.75, 3.05) is 13.2 Å². The highest BCUT2D eigenvalue weighted by atomic mass is 16.6. The van der Waals surface area contributed by atoms with Crippen LogP contribution in [0, 0.1) is 0 Å². The van der Waals surface area contributed by atoms with E-state index in [0.29, 0.717) is 19.3 Å². The molecule has 0 aromatic heterocycles. The van der Waals surface area contributed by atoms with Crippen LogP contribution >= 0.6 is 0 Å². The summed E-state index contributed by atoms with van der Waals surface area (Å²) >= 11 is 0. The van der Waals surface area contributed by atoms with Gasteiger partial charge in [-0.2, -0.15) is 0 Å². The first kappa shape index (κ1) is 74.8. The average Bonchev–Trinajstić information content (AvgIpc) is 3.45. The Morgan fingerprint density at radius 2 is 0.519 bits per heavy atom. The summed E-state index contributed by atoms with van der Waals surface area (Å²) < 4.78 is 16.9. The predicted molar refractivity (Wildman–Crippen MR) is 343 cm³/mol. The number of hydrogen-bond donors (Lipinski definition) is 0. The molecule has 0 fully saturated rings. The van der Waals surface area contributed by atoms with E-state index in [0.717, 1.165) is 109 Å². The fraction of sp³-hybridized carbons (Fsp3) is 0.685. The van der Waals surface area contributed by atoms with Gasteiger partial charge in [-0.05, 0) is 96.3 Å². The van der Waals surface area contributed by atoms with Gasteiger partial charge in [-0.25, -0.2) is 0 Å². The van der Waals surface area contributed by atoms with E-state index >= 15 is 0 Å². The first-order valence-electron chi connectivity index (χ1n) is 33.0. The largest absolute Gasteiger partial charge is 0.462 e.